The lowest BCUT2D eigenvalue weighted by Gasteiger charge is -2.72. The van der Waals surface area contributed by atoms with Crippen molar-refractivity contribution in [1.29, 1.82) is 0 Å². The van der Waals surface area contributed by atoms with Gasteiger partial charge in [-0.2, -0.15) is 0 Å². The Hall–Kier alpha value is -0.300. The SMILES string of the molecule is C=C(C)[C@@H]1CC[C@@H]2CC[C@]3(C)[C@H](CC[C@@H]4[C@@]5(C)C(O)CCC(C)(C)[C@@H]5CC[C@]43C)[C@H]21. The van der Waals surface area contributed by atoms with Crippen LogP contribution in [0.4, 0.5) is 0 Å². The highest BCUT2D eigenvalue weighted by atomic mass is 16.3. The Balaban J connectivity index is 1.55. The van der Waals surface area contributed by atoms with Crippen LogP contribution in [-0.4, -0.2) is 11.2 Å². The summed E-state index contributed by atoms with van der Waals surface area (Å²) in [6, 6.07) is 0. The first-order valence-electron chi connectivity index (χ1n) is 13.3. The van der Waals surface area contributed by atoms with Gasteiger partial charge in [-0.25, -0.2) is 0 Å². The van der Waals surface area contributed by atoms with Crippen LogP contribution in [0.25, 0.3) is 0 Å². The van der Waals surface area contributed by atoms with Gasteiger partial charge in [0.05, 0.1) is 6.10 Å². The molecule has 1 unspecified atom stereocenters. The second kappa shape index (κ2) is 6.61. The lowest BCUT2D eigenvalue weighted by Crippen LogP contribution is -2.67. The van der Waals surface area contributed by atoms with Crippen molar-refractivity contribution >= 4 is 0 Å². The van der Waals surface area contributed by atoms with E-state index in [0.29, 0.717) is 28.1 Å². The Labute approximate surface area is 186 Å². The zero-order valence-electron chi connectivity index (χ0n) is 20.8. The van der Waals surface area contributed by atoms with Crippen LogP contribution < -0.4 is 0 Å². The topological polar surface area (TPSA) is 20.2 Å². The smallest absolute Gasteiger partial charge is 0.0599 e. The van der Waals surface area contributed by atoms with Crippen LogP contribution in [0.15, 0.2) is 12.2 Å². The Bertz CT molecular complexity index is 722. The van der Waals surface area contributed by atoms with Crippen LogP contribution in [0, 0.1) is 57.2 Å². The molecule has 1 N–H and O–H groups in total. The van der Waals surface area contributed by atoms with Gasteiger partial charge in [0.25, 0.3) is 0 Å². The minimum atomic E-state index is -0.105. The lowest BCUT2D eigenvalue weighted by molar-refractivity contribution is -0.254. The molecule has 0 spiro atoms. The molecule has 5 aliphatic carbocycles. The highest BCUT2D eigenvalue weighted by molar-refractivity contribution is 5.19. The average molecular weight is 413 g/mol. The van der Waals surface area contributed by atoms with Crippen molar-refractivity contribution in [3.63, 3.8) is 0 Å². The van der Waals surface area contributed by atoms with E-state index in [1.54, 1.807) is 0 Å². The van der Waals surface area contributed by atoms with Crippen molar-refractivity contribution in [3.8, 4) is 0 Å². The summed E-state index contributed by atoms with van der Waals surface area (Å²) < 4.78 is 0. The molecule has 0 aliphatic heterocycles. The van der Waals surface area contributed by atoms with Crippen LogP contribution in [-0.2, 0) is 0 Å². The third kappa shape index (κ3) is 2.51. The molecule has 1 heteroatoms. The molecular formula is C29H48O. The van der Waals surface area contributed by atoms with E-state index in [-0.39, 0.29) is 11.5 Å². The van der Waals surface area contributed by atoms with Gasteiger partial charge < -0.3 is 5.11 Å². The van der Waals surface area contributed by atoms with E-state index in [4.69, 9.17) is 0 Å². The van der Waals surface area contributed by atoms with Crippen LogP contribution >= 0.6 is 0 Å². The molecule has 170 valence electrons. The summed E-state index contributed by atoms with van der Waals surface area (Å²) in [5, 5.41) is 11.5. The van der Waals surface area contributed by atoms with Crippen molar-refractivity contribution in [2.75, 3.05) is 0 Å². The summed E-state index contributed by atoms with van der Waals surface area (Å²) >= 11 is 0. The summed E-state index contributed by atoms with van der Waals surface area (Å²) in [6.07, 6.45) is 13.3. The first-order chi connectivity index (χ1) is 14.0. The molecule has 0 aromatic rings. The zero-order valence-corrected chi connectivity index (χ0v) is 20.8. The molecule has 10 atom stereocenters. The Morgan fingerprint density at radius 3 is 2.17 bits per heavy atom. The molecule has 0 amide bonds. The first kappa shape index (κ1) is 21.5. The maximum atomic E-state index is 11.5. The highest BCUT2D eigenvalue weighted by Crippen LogP contribution is 2.76. The van der Waals surface area contributed by atoms with Gasteiger partial charge in [0.15, 0.2) is 0 Å². The fourth-order valence-electron chi connectivity index (χ4n) is 11.2. The minimum absolute atomic E-state index is 0.100. The largest absolute Gasteiger partial charge is 0.393 e. The van der Waals surface area contributed by atoms with E-state index in [0.717, 1.165) is 30.1 Å². The van der Waals surface area contributed by atoms with Gasteiger partial charge >= 0.3 is 0 Å². The van der Waals surface area contributed by atoms with Crippen molar-refractivity contribution in [3.05, 3.63) is 12.2 Å². The van der Waals surface area contributed by atoms with Gasteiger partial charge in [-0.15, -0.1) is 0 Å². The van der Waals surface area contributed by atoms with Crippen molar-refractivity contribution < 1.29 is 5.11 Å². The van der Waals surface area contributed by atoms with Crippen LogP contribution in [0.2, 0.25) is 0 Å². The fraction of sp³-hybridized carbons (Fsp3) is 0.931. The molecule has 0 radical (unpaired) electrons. The molecule has 0 aromatic heterocycles. The third-order valence-corrected chi connectivity index (χ3v) is 12.8. The maximum absolute atomic E-state index is 11.5. The van der Waals surface area contributed by atoms with Crippen molar-refractivity contribution in [1.82, 2.24) is 0 Å². The van der Waals surface area contributed by atoms with Crippen molar-refractivity contribution in [2.24, 2.45) is 57.2 Å². The Morgan fingerprint density at radius 2 is 1.47 bits per heavy atom. The minimum Gasteiger partial charge on any atom is -0.393 e. The molecule has 5 fully saturated rings. The van der Waals surface area contributed by atoms with Crippen LogP contribution in [0.1, 0.15) is 106 Å². The van der Waals surface area contributed by atoms with Crippen molar-refractivity contribution in [2.45, 2.75) is 112 Å². The number of allylic oxidation sites excluding steroid dienone is 1. The second-order valence-corrected chi connectivity index (χ2v) is 14.0. The molecule has 1 nitrogen and oxygen atoms in total. The average Bonchev–Trinajstić information content (AvgIpc) is 3.10. The maximum Gasteiger partial charge on any atom is 0.0599 e. The summed E-state index contributed by atoms with van der Waals surface area (Å²) in [5.41, 5.74) is 2.75. The molecular weight excluding hydrogens is 364 g/mol. The Kier molecular flexibility index (Phi) is 4.75. The molecule has 0 saturated heterocycles. The van der Waals surface area contributed by atoms with E-state index in [9.17, 15) is 5.11 Å². The summed E-state index contributed by atoms with van der Waals surface area (Å²) in [6.45, 7) is 19.7. The van der Waals surface area contributed by atoms with E-state index < -0.39 is 0 Å². The number of hydrogen-bond acceptors (Lipinski definition) is 1. The predicted molar refractivity (Wildman–Crippen MR) is 126 cm³/mol. The molecule has 0 heterocycles. The Morgan fingerprint density at radius 1 is 0.767 bits per heavy atom. The quantitative estimate of drug-likeness (QED) is 0.439. The third-order valence-electron chi connectivity index (χ3n) is 12.8. The summed E-state index contributed by atoms with van der Waals surface area (Å²) in [7, 11) is 0. The monoisotopic (exact) mass is 412 g/mol. The highest BCUT2D eigenvalue weighted by Gasteiger charge is 2.69. The van der Waals surface area contributed by atoms with Gasteiger partial charge in [-0.1, -0.05) is 46.8 Å². The zero-order chi connectivity index (χ0) is 21.7. The molecule has 5 saturated carbocycles. The second-order valence-electron chi connectivity index (χ2n) is 14.0. The number of rotatable bonds is 1. The number of hydrogen-bond donors (Lipinski definition) is 1. The molecule has 0 bridgehead atoms. The van der Waals surface area contributed by atoms with E-state index >= 15 is 0 Å². The predicted octanol–water partition coefficient (Wildman–Crippen LogP) is 7.63. The van der Waals surface area contributed by atoms with E-state index in [1.807, 2.05) is 0 Å². The molecule has 5 aliphatic rings. The number of fused-ring (bicyclic) bond motifs is 7. The molecule has 30 heavy (non-hydrogen) atoms. The van der Waals surface area contributed by atoms with Gasteiger partial charge in [-0.3, -0.25) is 0 Å². The standard InChI is InChI=1S/C29H48O/c1-18(2)20-9-8-19-12-16-27(5)21(25(19)20)10-11-23-28(27,6)17-13-22-26(3,4)15-14-24(30)29(22,23)7/h19-25,30H,1,8-17H2,2-7H3/t19-,20+,21-,22+,23+,24?,25-,27-,28-,29+/m1/s1. The first-order valence-corrected chi connectivity index (χ1v) is 13.3. The number of aliphatic hydroxyl groups excluding tert-OH is 1. The molecule has 5 rings (SSSR count). The van der Waals surface area contributed by atoms with Gasteiger partial charge in [0.1, 0.15) is 0 Å². The lowest BCUT2D eigenvalue weighted by atomic mass is 9.33. The normalized spacial score (nSPS) is 57.0. The number of aliphatic hydroxyl groups is 1. The summed E-state index contributed by atoms with van der Waals surface area (Å²) in [5.74, 6) is 4.84. The van der Waals surface area contributed by atoms with Crippen LogP contribution in [0.3, 0.4) is 0 Å². The molecule has 0 aromatic carbocycles. The van der Waals surface area contributed by atoms with E-state index in [1.165, 1.54) is 63.4 Å². The van der Waals surface area contributed by atoms with Crippen LogP contribution in [0.5, 0.6) is 0 Å². The van der Waals surface area contributed by atoms with Gasteiger partial charge in [0.2, 0.25) is 0 Å². The fourth-order valence-corrected chi connectivity index (χ4v) is 11.2. The van der Waals surface area contributed by atoms with Gasteiger partial charge in [-0.05, 0) is 123 Å². The summed E-state index contributed by atoms with van der Waals surface area (Å²) in [4.78, 5) is 0. The van der Waals surface area contributed by atoms with Gasteiger partial charge in [0, 0.05) is 5.41 Å². The van der Waals surface area contributed by atoms with E-state index in [2.05, 4.69) is 48.1 Å².